The van der Waals surface area contributed by atoms with Crippen LogP contribution in [0.15, 0.2) is 24.5 Å². The molecule has 0 aliphatic carbocycles. The average Bonchev–Trinajstić information content (AvgIpc) is 2.88. The van der Waals surface area contributed by atoms with Crippen molar-refractivity contribution in [1.29, 1.82) is 0 Å². The van der Waals surface area contributed by atoms with E-state index in [4.69, 9.17) is 9.47 Å². The molecule has 0 atom stereocenters. The van der Waals surface area contributed by atoms with Gasteiger partial charge in [-0.1, -0.05) is 6.92 Å². The number of nitrogens with one attached hydrogen (secondary N) is 1. The first-order valence-corrected chi connectivity index (χ1v) is 6.58. The van der Waals surface area contributed by atoms with Crippen molar-refractivity contribution in [3.05, 3.63) is 35.9 Å². The Morgan fingerprint density at radius 1 is 1.35 bits per heavy atom. The first-order chi connectivity index (χ1) is 9.74. The Bertz CT molecular complexity index is 554. The van der Waals surface area contributed by atoms with Gasteiger partial charge in [-0.05, 0) is 24.7 Å². The van der Waals surface area contributed by atoms with E-state index in [0.29, 0.717) is 6.61 Å². The highest BCUT2D eigenvalue weighted by Crippen LogP contribution is 2.24. The van der Waals surface area contributed by atoms with Crippen LogP contribution in [0, 0.1) is 0 Å². The second-order valence-corrected chi connectivity index (χ2v) is 4.34. The van der Waals surface area contributed by atoms with Crippen LogP contribution < -0.4 is 14.8 Å². The van der Waals surface area contributed by atoms with Crippen molar-refractivity contribution in [2.45, 2.75) is 20.1 Å². The molecule has 0 saturated carbocycles. The monoisotopic (exact) mass is 276 g/mol. The van der Waals surface area contributed by atoms with Gasteiger partial charge in [0.1, 0.15) is 24.4 Å². The number of benzene rings is 1. The molecule has 2 rings (SSSR count). The van der Waals surface area contributed by atoms with E-state index < -0.39 is 0 Å². The van der Waals surface area contributed by atoms with Crippen molar-refractivity contribution >= 4 is 0 Å². The van der Waals surface area contributed by atoms with E-state index in [-0.39, 0.29) is 0 Å². The van der Waals surface area contributed by atoms with Crippen molar-refractivity contribution < 1.29 is 9.47 Å². The largest absolute Gasteiger partial charge is 0.497 e. The van der Waals surface area contributed by atoms with Gasteiger partial charge in [-0.2, -0.15) is 5.10 Å². The molecule has 0 bridgehead atoms. The van der Waals surface area contributed by atoms with Crippen molar-refractivity contribution in [2.24, 2.45) is 7.05 Å². The molecule has 0 unspecified atom stereocenters. The summed E-state index contributed by atoms with van der Waals surface area (Å²) >= 11 is 0. The molecule has 0 spiro atoms. The Morgan fingerprint density at radius 2 is 2.20 bits per heavy atom. The van der Waals surface area contributed by atoms with Crippen LogP contribution in [0.3, 0.4) is 0 Å². The van der Waals surface area contributed by atoms with Crippen LogP contribution in [-0.4, -0.2) is 28.4 Å². The lowest BCUT2D eigenvalue weighted by atomic mass is 10.2. The quantitative estimate of drug-likeness (QED) is 0.830. The molecule has 0 fully saturated rings. The Kier molecular flexibility index (Phi) is 4.95. The number of hydrogen-bond donors (Lipinski definition) is 1. The smallest absolute Gasteiger partial charge is 0.164 e. The molecule has 1 aromatic carbocycles. The number of rotatable bonds is 7. The molecule has 2 aromatic rings. The molecule has 0 aliphatic rings. The Hall–Kier alpha value is -2.08. The molecular formula is C14H20N4O2. The Morgan fingerprint density at radius 3 is 2.85 bits per heavy atom. The Labute approximate surface area is 118 Å². The minimum absolute atomic E-state index is 0.391. The van der Waals surface area contributed by atoms with Gasteiger partial charge in [-0.3, -0.25) is 4.68 Å². The van der Waals surface area contributed by atoms with E-state index in [1.165, 1.54) is 6.33 Å². The molecular weight excluding hydrogens is 256 g/mol. The van der Waals surface area contributed by atoms with Crippen LogP contribution in [0.25, 0.3) is 0 Å². The number of methoxy groups -OCH3 is 1. The summed E-state index contributed by atoms with van der Waals surface area (Å²) in [5.74, 6) is 2.44. The lowest BCUT2D eigenvalue weighted by Gasteiger charge is -2.13. The van der Waals surface area contributed by atoms with Gasteiger partial charge in [0.2, 0.25) is 0 Å². The molecule has 20 heavy (non-hydrogen) atoms. The Balaban J connectivity index is 2.11. The predicted octanol–water partition coefficient (Wildman–Crippen LogP) is 1.51. The highest BCUT2D eigenvalue weighted by Gasteiger charge is 2.08. The first-order valence-electron chi connectivity index (χ1n) is 6.58. The van der Waals surface area contributed by atoms with E-state index in [1.807, 2.05) is 25.2 Å². The van der Waals surface area contributed by atoms with Gasteiger partial charge in [-0.25, -0.2) is 4.98 Å². The van der Waals surface area contributed by atoms with Crippen LogP contribution in [0.5, 0.6) is 11.5 Å². The maximum Gasteiger partial charge on any atom is 0.164 e. The maximum atomic E-state index is 5.84. The summed E-state index contributed by atoms with van der Waals surface area (Å²) in [6, 6.07) is 5.79. The summed E-state index contributed by atoms with van der Waals surface area (Å²) < 4.78 is 12.8. The lowest BCUT2D eigenvalue weighted by Crippen LogP contribution is -2.13. The van der Waals surface area contributed by atoms with Gasteiger partial charge in [0.25, 0.3) is 0 Å². The van der Waals surface area contributed by atoms with Gasteiger partial charge < -0.3 is 14.8 Å². The lowest BCUT2D eigenvalue weighted by molar-refractivity contribution is 0.285. The number of aromatic nitrogens is 3. The van der Waals surface area contributed by atoms with Crippen molar-refractivity contribution in [3.63, 3.8) is 0 Å². The summed E-state index contributed by atoms with van der Waals surface area (Å²) in [5.41, 5.74) is 1.06. The second kappa shape index (κ2) is 6.91. The van der Waals surface area contributed by atoms with E-state index in [9.17, 15) is 0 Å². The molecule has 0 amide bonds. The van der Waals surface area contributed by atoms with Gasteiger partial charge in [0.05, 0.1) is 7.11 Å². The number of ether oxygens (including phenoxy) is 2. The number of nitrogens with zero attached hydrogens (tertiary/aromatic N) is 3. The standard InChI is InChI=1S/C14H20N4O2/c1-4-15-8-11-7-12(19-3)5-6-13(11)20-9-14-16-10-17-18(14)2/h5-7,10,15H,4,8-9H2,1-3H3. The fourth-order valence-electron chi connectivity index (χ4n) is 1.81. The van der Waals surface area contributed by atoms with Crippen LogP contribution in [-0.2, 0) is 20.2 Å². The van der Waals surface area contributed by atoms with Crippen LogP contribution >= 0.6 is 0 Å². The fraction of sp³-hybridized carbons (Fsp3) is 0.429. The van der Waals surface area contributed by atoms with Crippen molar-refractivity contribution in [3.8, 4) is 11.5 Å². The van der Waals surface area contributed by atoms with Gasteiger partial charge in [-0.15, -0.1) is 0 Å². The molecule has 108 valence electrons. The zero-order chi connectivity index (χ0) is 14.4. The van der Waals surface area contributed by atoms with E-state index in [0.717, 1.165) is 36.0 Å². The summed E-state index contributed by atoms with van der Waals surface area (Å²) in [5, 5.41) is 7.31. The van der Waals surface area contributed by atoms with Crippen LogP contribution in [0.1, 0.15) is 18.3 Å². The SMILES string of the molecule is CCNCc1cc(OC)ccc1OCc1ncnn1C. The number of hydrogen-bond acceptors (Lipinski definition) is 5. The van der Waals surface area contributed by atoms with Gasteiger partial charge in [0, 0.05) is 19.2 Å². The maximum absolute atomic E-state index is 5.84. The molecule has 1 N–H and O–H groups in total. The van der Waals surface area contributed by atoms with Crippen molar-refractivity contribution in [2.75, 3.05) is 13.7 Å². The van der Waals surface area contributed by atoms with Gasteiger partial charge >= 0.3 is 0 Å². The topological polar surface area (TPSA) is 61.2 Å². The highest BCUT2D eigenvalue weighted by molar-refractivity contribution is 5.40. The van der Waals surface area contributed by atoms with Crippen LogP contribution in [0.2, 0.25) is 0 Å². The number of aryl methyl sites for hydroxylation is 1. The molecule has 0 radical (unpaired) electrons. The van der Waals surface area contributed by atoms with E-state index in [2.05, 4.69) is 22.3 Å². The van der Waals surface area contributed by atoms with Gasteiger partial charge in [0.15, 0.2) is 5.82 Å². The fourth-order valence-corrected chi connectivity index (χ4v) is 1.81. The first kappa shape index (κ1) is 14.3. The van der Waals surface area contributed by atoms with E-state index >= 15 is 0 Å². The zero-order valence-corrected chi connectivity index (χ0v) is 12.1. The molecule has 0 saturated heterocycles. The van der Waals surface area contributed by atoms with Crippen LogP contribution in [0.4, 0.5) is 0 Å². The minimum Gasteiger partial charge on any atom is -0.497 e. The zero-order valence-electron chi connectivity index (χ0n) is 12.1. The van der Waals surface area contributed by atoms with E-state index in [1.54, 1.807) is 11.8 Å². The second-order valence-electron chi connectivity index (χ2n) is 4.34. The van der Waals surface area contributed by atoms with Crippen molar-refractivity contribution in [1.82, 2.24) is 20.1 Å². The third kappa shape index (κ3) is 3.48. The highest BCUT2D eigenvalue weighted by atomic mass is 16.5. The predicted molar refractivity (Wildman–Crippen MR) is 75.7 cm³/mol. The summed E-state index contributed by atoms with van der Waals surface area (Å²) in [6.45, 7) is 4.10. The third-order valence-corrected chi connectivity index (χ3v) is 3.00. The molecule has 1 heterocycles. The summed E-state index contributed by atoms with van der Waals surface area (Å²) in [4.78, 5) is 4.14. The molecule has 0 aliphatic heterocycles. The normalized spacial score (nSPS) is 10.6. The molecule has 6 nitrogen and oxygen atoms in total. The minimum atomic E-state index is 0.391. The summed E-state index contributed by atoms with van der Waals surface area (Å²) in [7, 11) is 3.51. The molecule has 6 heteroatoms. The third-order valence-electron chi connectivity index (χ3n) is 3.00. The molecule has 1 aromatic heterocycles. The summed E-state index contributed by atoms with van der Waals surface area (Å²) in [6.07, 6.45) is 1.52. The average molecular weight is 276 g/mol.